The zero-order valence-electron chi connectivity index (χ0n) is 9.65. The van der Waals surface area contributed by atoms with Gasteiger partial charge in [-0.2, -0.15) is 5.10 Å². The Morgan fingerprint density at radius 3 is 2.94 bits per heavy atom. The lowest BCUT2D eigenvalue weighted by Crippen LogP contribution is -2.01. The molecule has 0 bridgehead atoms. The van der Waals surface area contributed by atoms with E-state index >= 15 is 0 Å². The summed E-state index contributed by atoms with van der Waals surface area (Å²) < 4.78 is 1.74. The molecule has 4 nitrogen and oxygen atoms in total. The van der Waals surface area contributed by atoms with Crippen LogP contribution in [0, 0.1) is 0 Å². The third-order valence-corrected chi connectivity index (χ3v) is 2.84. The minimum Gasteiger partial charge on any atom is -0.298 e. The van der Waals surface area contributed by atoms with Gasteiger partial charge < -0.3 is 0 Å². The Labute approximate surface area is 104 Å². The van der Waals surface area contributed by atoms with Crippen LogP contribution in [0.25, 0.3) is 10.9 Å². The van der Waals surface area contributed by atoms with Gasteiger partial charge in [-0.05, 0) is 11.6 Å². The summed E-state index contributed by atoms with van der Waals surface area (Å²) in [4.78, 5) is 15.0. The molecule has 0 radical (unpaired) electrons. The van der Waals surface area contributed by atoms with Crippen molar-refractivity contribution in [2.24, 2.45) is 0 Å². The molecule has 0 saturated carbocycles. The van der Waals surface area contributed by atoms with Crippen LogP contribution in [0.5, 0.6) is 0 Å². The number of fused-ring (bicyclic) bond motifs is 1. The molecular weight excluding hydrogens is 226 g/mol. The molecule has 0 unspecified atom stereocenters. The predicted octanol–water partition coefficient (Wildman–Crippen LogP) is 2.29. The number of carbonyl (C=O) groups is 1. The first-order valence-corrected chi connectivity index (χ1v) is 5.67. The highest BCUT2D eigenvalue weighted by atomic mass is 16.1. The van der Waals surface area contributed by atoms with E-state index in [0.29, 0.717) is 12.1 Å². The van der Waals surface area contributed by atoms with Crippen molar-refractivity contribution in [1.29, 1.82) is 0 Å². The van der Waals surface area contributed by atoms with Crippen LogP contribution < -0.4 is 0 Å². The maximum Gasteiger partial charge on any atom is 0.153 e. The van der Waals surface area contributed by atoms with Crippen LogP contribution in [-0.2, 0) is 6.54 Å². The number of hydrogen-bond acceptors (Lipinski definition) is 3. The van der Waals surface area contributed by atoms with Crippen molar-refractivity contribution in [2.45, 2.75) is 6.54 Å². The Kier molecular flexibility index (Phi) is 2.61. The maximum atomic E-state index is 10.6. The summed E-state index contributed by atoms with van der Waals surface area (Å²) >= 11 is 0. The second kappa shape index (κ2) is 4.41. The van der Waals surface area contributed by atoms with Crippen LogP contribution in [-0.4, -0.2) is 21.1 Å². The summed E-state index contributed by atoms with van der Waals surface area (Å²) in [6, 6.07) is 10.0. The number of rotatable bonds is 3. The minimum atomic E-state index is 0.586. The molecule has 18 heavy (non-hydrogen) atoms. The van der Waals surface area contributed by atoms with Crippen molar-refractivity contribution in [2.75, 3.05) is 0 Å². The molecule has 3 aromatic rings. The van der Waals surface area contributed by atoms with Gasteiger partial charge in [0, 0.05) is 17.8 Å². The van der Waals surface area contributed by atoms with E-state index in [-0.39, 0.29) is 0 Å². The molecule has 2 heterocycles. The Morgan fingerprint density at radius 2 is 2.11 bits per heavy atom. The van der Waals surface area contributed by atoms with Gasteiger partial charge in [-0.25, -0.2) is 0 Å². The molecule has 88 valence electrons. The SMILES string of the molecule is O=Cc1cnn(Cc2cccc3cccnc23)c1. The quantitative estimate of drug-likeness (QED) is 0.657. The normalized spacial score (nSPS) is 10.7. The smallest absolute Gasteiger partial charge is 0.153 e. The lowest BCUT2D eigenvalue weighted by molar-refractivity contribution is 0.112. The Hall–Kier alpha value is -2.49. The summed E-state index contributed by atoms with van der Waals surface area (Å²) in [7, 11) is 0. The van der Waals surface area contributed by atoms with Gasteiger partial charge >= 0.3 is 0 Å². The lowest BCUT2D eigenvalue weighted by Gasteiger charge is -2.05. The molecule has 1 aromatic carbocycles. The molecule has 3 rings (SSSR count). The number of nitrogens with zero attached hydrogens (tertiary/aromatic N) is 3. The van der Waals surface area contributed by atoms with Gasteiger partial charge in [0.2, 0.25) is 0 Å². The van der Waals surface area contributed by atoms with Gasteiger partial charge in [0.1, 0.15) is 0 Å². The molecule has 2 aromatic heterocycles. The summed E-state index contributed by atoms with van der Waals surface area (Å²) in [6.07, 6.45) is 5.87. The number of hydrogen-bond donors (Lipinski definition) is 0. The highest BCUT2D eigenvalue weighted by Crippen LogP contribution is 2.16. The molecule has 0 atom stereocenters. The van der Waals surface area contributed by atoms with Crippen molar-refractivity contribution in [3.63, 3.8) is 0 Å². The van der Waals surface area contributed by atoms with E-state index in [1.54, 1.807) is 23.3 Å². The minimum absolute atomic E-state index is 0.586. The van der Waals surface area contributed by atoms with Crippen molar-refractivity contribution < 1.29 is 4.79 Å². The second-order valence-corrected chi connectivity index (χ2v) is 4.08. The fourth-order valence-electron chi connectivity index (χ4n) is 2.00. The number of para-hydroxylation sites is 1. The molecule has 0 aliphatic rings. The third kappa shape index (κ3) is 1.88. The van der Waals surface area contributed by atoms with E-state index in [9.17, 15) is 4.79 Å². The molecule has 4 heteroatoms. The van der Waals surface area contributed by atoms with Gasteiger partial charge in [-0.1, -0.05) is 24.3 Å². The van der Waals surface area contributed by atoms with Crippen LogP contribution in [0.1, 0.15) is 15.9 Å². The fraction of sp³-hybridized carbons (Fsp3) is 0.0714. The molecule has 0 aliphatic heterocycles. The van der Waals surface area contributed by atoms with E-state index < -0.39 is 0 Å². The Balaban J connectivity index is 2.01. The first-order chi connectivity index (χ1) is 8.86. The average molecular weight is 237 g/mol. The first-order valence-electron chi connectivity index (χ1n) is 5.67. The van der Waals surface area contributed by atoms with Crippen LogP contribution in [0.3, 0.4) is 0 Å². The fourth-order valence-corrected chi connectivity index (χ4v) is 2.00. The van der Waals surface area contributed by atoms with Crippen molar-refractivity contribution in [3.8, 4) is 0 Å². The number of pyridine rings is 1. The summed E-state index contributed by atoms with van der Waals surface area (Å²) in [5, 5.41) is 5.26. The number of carbonyl (C=O) groups excluding carboxylic acids is 1. The van der Waals surface area contributed by atoms with E-state index in [4.69, 9.17) is 0 Å². The topological polar surface area (TPSA) is 47.8 Å². The van der Waals surface area contributed by atoms with Crippen molar-refractivity contribution in [3.05, 3.63) is 60.0 Å². The zero-order chi connectivity index (χ0) is 12.4. The van der Waals surface area contributed by atoms with Gasteiger partial charge in [-0.15, -0.1) is 0 Å². The summed E-state index contributed by atoms with van der Waals surface area (Å²) in [5.74, 6) is 0. The standard InChI is InChI=1S/C14H11N3O/c18-10-11-7-16-17(8-11)9-13-4-1-3-12-5-2-6-15-14(12)13/h1-8,10H,9H2. The average Bonchev–Trinajstić information content (AvgIpc) is 2.87. The molecule has 0 fully saturated rings. The van der Waals surface area contributed by atoms with Crippen molar-refractivity contribution in [1.82, 2.24) is 14.8 Å². The largest absolute Gasteiger partial charge is 0.298 e. The van der Waals surface area contributed by atoms with Crippen LogP contribution in [0.2, 0.25) is 0 Å². The van der Waals surface area contributed by atoms with Crippen molar-refractivity contribution >= 4 is 17.2 Å². The Bertz CT molecular complexity index is 698. The molecule has 0 N–H and O–H groups in total. The highest BCUT2D eigenvalue weighted by molar-refractivity contribution is 5.81. The molecule has 0 aliphatic carbocycles. The summed E-state index contributed by atoms with van der Waals surface area (Å²) in [6.45, 7) is 0.613. The lowest BCUT2D eigenvalue weighted by atomic mass is 10.1. The van der Waals surface area contributed by atoms with Crippen LogP contribution in [0.15, 0.2) is 48.9 Å². The summed E-state index contributed by atoms with van der Waals surface area (Å²) in [5.41, 5.74) is 2.65. The van der Waals surface area contributed by atoms with Gasteiger partial charge in [0.25, 0.3) is 0 Å². The molecule has 0 saturated heterocycles. The van der Waals surface area contributed by atoms with Gasteiger partial charge in [-0.3, -0.25) is 14.5 Å². The second-order valence-electron chi connectivity index (χ2n) is 4.08. The predicted molar refractivity (Wildman–Crippen MR) is 68.5 cm³/mol. The van der Waals surface area contributed by atoms with Crippen LogP contribution >= 0.6 is 0 Å². The highest BCUT2D eigenvalue weighted by Gasteiger charge is 2.03. The monoisotopic (exact) mass is 237 g/mol. The van der Waals surface area contributed by atoms with E-state index in [2.05, 4.69) is 10.1 Å². The van der Waals surface area contributed by atoms with Gasteiger partial charge in [0.05, 0.1) is 23.8 Å². The third-order valence-electron chi connectivity index (χ3n) is 2.84. The van der Waals surface area contributed by atoms with Gasteiger partial charge in [0.15, 0.2) is 6.29 Å². The van der Waals surface area contributed by atoms with E-state index in [0.717, 1.165) is 22.8 Å². The first kappa shape index (κ1) is 10.7. The van der Waals surface area contributed by atoms with E-state index in [1.165, 1.54) is 0 Å². The molecular formula is C14H11N3O. The number of benzene rings is 1. The van der Waals surface area contributed by atoms with Crippen LogP contribution in [0.4, 0.5) is 0 Å². The molecule has 0 amide bonds. The Morgan fingerprint density at radius 1 is 1.22 bits per heavy atom. The zero-order valence-corrected chi connectivity index (χ0v) is 9.65. The molecule has 0 spiro atoms. The number of aldehydes is 1. The van der Waals surface area contributed by atoms with E-state index in [1.807, 2.05) is 30.3 Å². The number of aromatic nitrogens is 3. The maximum absolute atomic E-state index is 10.6.